The van der Waals surface area contributed by atoms with Crippen LogP contribution >= 0.6 is 11.8 Å². The smallest absolute Gasteiger partial charge is 0.319 e. The molecule has 1 aromatic heterocycles. The second kappa shape index (κ2) is 11.4. The molecule has 11 heteroatoms. The SMILES string of the molecule is COc1ccc(NC(=O)NC(C)c2nnc(SCc3ccccc3)n2-c2ccc([N+](=O)[O-])cc2)cc1. The van der Waals surface area contributed by atoms with Crippen LogP contribution in [0.15, 0.2) is 84.0 Å². The van der Waals surface area contributed by atoms with Crippen LogP contribution in [0.3, 0.4) is 0 Å². The van der Waals surface area contributed by atoms with Crippen LogP contribution in [0.5, 0.6) is 5.75 Å². The van der Waals surface area contributed by atoms with Crippen LogP contribution in [-0.2, 0) is 5.75 Å². The van der Waals surface area contributed by atoms with E-state index in [1.54, 1.807) is 55.0 Å². The molecule has 0 aliphatic carbocycles. The van der Waals surface area contributed by atoms with Gasteiger partial charge in [0.25, 0.3) is 5.69 Å². The number of thioether (sulfide) groups is 1. The Hall–Kier alpha value is -4.38. The molecule has 10 nitrogen and oxygen atoms in total. The van der Waals surface area contributed by atoms with E-state index in [4.69, 9.17) is 4.74 Å². The molecule has 0 fully saturated rings. The van der Waals surface area contributed by atoms with Gasteiger partial charge in [-0.1, -0.05) is 42.1 Å². The van der Waals surface area contributed by atoms with Gasteiger partial charge in [-0.2, -0.15) is 0 Å². The Morgan fingerprint density at radius 1 is 1.06 bits per heavy atom. The average molecular weight is 505 g/mol. The summed E-state index contributed by atoms with van der Waals surface area (Å²) in [4.78, 5) is 23.3. The number of urea groups is 1. The van der Waals surface area contributed by atoms with Gasteiger partial charge in [0.15, 0.2) is 11.0 Å². The number of nitrogens with zero attached hydrogens (tertiary/aromatic N) is 4. The molecule has 0 bridgehead atoms. The Labute approximate surface area is 211 Å². The number of hydrogen-bond donors (Lipinski definition) is 2. The number of nitrogens with one attached hydrogen (secondary N) is 2. The first-order chi connectivity index (χ1) is 17.4. The van der Waals surface area contributed by atoms with Crippen molar-refractivity contribution >= 4 is 29.2 Å². The Balaban J connectivity index is 1.56. The quantitative estimate of drug-likeness (QED) is 0.179. The maximum absolute atomic E-state index is 12.6. The van der Waals surface area contributed by atoms with Gasteiger partial charge in [0, 0.05) is 29.3 Å². The van der Waals surface area contributed by atoms with E-state index in [2.05, 4.69) is 20.8 Å². The molecule has 1 unspecified atom stereocenters. The van der Waals surface area contributed by atoms with Gasteiger partial charge in [-0.05, 0) is 48.9 Å². The molecule has 4 rings (SSSR count). The van der Waals surface area contributed by atoms with Gasteiger partial charge in [0.2, 0.25) is 0 Å². The highest BCUT2D eigenvalue weighted by Gasteiger charge is 2.22. The molecular weight excluding hydrogens is 480 g/mol. The van der Waals surface area contributed by atoms with Gasteiger partial charge in [-0.25, -0.2) is 4.79 Å². The Morgan fingerprint density at radius 3 is 2.39 bits per heavy atom. The summed E-state index contributed by atoms with van der Waals surface area (Å²) in [6.45, 7) is 1.80. The molecule has 2 amide bonds. The van der Waals surface area contributed by atoms with E-state index in [9.17, 15) is 14.9 Å². The molecule has 0 saturated carbocycles. The Bertz CT molecular complexity index is 1330. The number of rotatable bonds is 9. The number of nitro benzene ring substituents is 1. The molecule has 0 saturated heterocycles. The van der Waals surface area contributed by atoms with E-state index < -0.39 is 17.0 Å². The van der Waals surface area contributed by atoms with Crippen LogP contribution in [0.2, 0.25) is 0 Å². The average Bonchev–Trinajstić information content (AvgIpc) is 3.32. The van der Waals surface area contributed by atoms with E-state index in [-0.39, 0.29) is 5.69 Å². The van der Waals surface area contributed by atoms with Crippen LogP contribution < -0.4 is 15.4 Å². The van der Waals surface area contributed by atoms with Crippen molar-refractivity contribution in [3.05, 3.63) is 100 Å². The normalized spacial score (nSPS) is 11.5. The number of non-ortho nitro benzene ring substituents is 1. The summed E-state index contributed by atoms with van der Waals surface area (Å²) < 4.78 is 6.94. The van der Waals surface area contributed by atoms with Crippen molar-refractivity contribution in [3.63, 3.8) is 0 Å². The fourth-order valence-electron chi connectivity index (χ4n) is 3.45. The molecule has 0 aliphatic heterocycles. The third kappa shape index (κ3) is 5.99. The van der Waals surface area contributed by atoms with Gasteiger partial charge >= 0.3 is 6.03 Å². The molecule has 3 aromatic carbocycles. The number of methoxy groups -OCH3 is 1. The minimum Gasteiger partial charge on any atom is -0.497 e. The van der Waals surface area contributed by atoms with Crippen LogP contribution in [-0.4, -0.2) is 32.8 Å². The standard InChI is InChI=1S/C25H24N6O4S/c1-17(26-24(32)27-19-8-14-22(35-2)15-9-19)23-28-29-25(36-16-18-6-4-3-5-7-18)30(23)20-10-12-21(13-11-20)31(33)34/h3-15,17H,16H2,1-2H3,(H2,26,27,32). The fourth-order valence-corrected chi connectivity index (χ4v) is 4.36. The summed E-state index contributed by atoms with van der Waals surface area (Å²) in [5.74, 6) is 1.83. The largest absolute Gasteiger partial charge is 0.497 e. The molecule has 184 valence electrons. The number of amides is 2. The van der Waals surface area contributed by atoms with Crippen LogP contribution in [0.1, 0.15) is 24.4 Å². The van der Waals surface area contributed by atoms with Crippen LogP contribution in [0.4, 0.5) is 16.2 Å². The maximum atomic E-state index is 12.6. The minimum atomic E-state index is -0.517. The fraction of sp³-hybridized carbons (Fsp3) is 0.160. The molecule has 0 aliphatic rings. The number of carbonyl (C=O) groups is 1. The summed E-state index contributed by atoms with van der Waals surface area (Å²) in [5.41, 5.74) is 2.36. The van der Waals surface area contributed by atoms with Crippen molar-refractivity contribution in [1.29, 1.82) is 0 Å². The van der Waals surface area contributed by atoms with E-state index in [0.29, 0.717) is 33.9 Å². The minimum absolute atomic E-state index is 0.0168. The van der Waals surface area contributed by atoms with Gasteiger partial charge in [-0.3, -0.25) is 14.7 Å². The summed E-state index contributed by atoms with van der Waals surface area (Å²) in [5, 5.41) is 26.1. The lowest BCUT2D eigenvalue weighted by molar-refractivity contribution is -0.384. The van der Waals surface area contributed by atoms with Crippen molar-refractivity contribution in [2.75, 3.05) is 12.4 Å². The lowest BCUT2D eigenvalue weighted by Crippen LogP contribution is -2.32. The van der Waals surface area contributed by atoms with Crippen molar-refractivity contribution < 1.29 is 14.5 Å². The van der Waals surface area contributed by atoms with Gasteiger partial charge in [0.1, 0.15) is 5.75 Å². The molecule has 4 aromatic rings. The second-order valence-corrected chi connectivity index (χ2v) is 8.72. The highest BCUT2D eigenvalue weighted by Crippen LogP contribution is 2.28. The topological polar surface area (TPSA) is 124 Å². The predicted octanol–water partition coefficient (Wildman–Crippen LogP) is 5.36. The summed E-state index contributed by atoms with van der Waals surface area (Å²) in [6.07, 6.45) is 0. The highest BCUT2D eigenvalue weighted by atomic mass is 32.2. The molecular formula is C25H24N6O4S. The van der Waals surface area contributed by atoms with Crippen LogP contribution in [0, 0.1) is 10.1 Å². The molecule has 1 atom stereocenters. The third-order valence-corrected chi connectivity index (χ3v) is 6.27. The zero-order valence-electron chi connectivity index (χ0n) is 19.6. The number of nitro groups is 1. The lowest BCUT2D eigenvalue weighted by atomic mass is 10.2. The number of benzene rings is 3. The first kappa shape index (κ1) is 24.7. The van der Waals surface area contributed by atoms with Crippen molar-refractivity contribution in [3.8, 4) is 11.4 Å². The molecule has 0 spiro atoms. The van der Waals surface area contributed by atoms with E-state index >= 15 is 0 Å². The van der Waals surface area contributed by atoms with E-state index in [0.717, 1.165) is 5.56 Å². The Kier molecular flexibility index (Phi) is 7.81. The first-order valence-corrected chi connectivity index (χ1v) is 12.0. The lowest BCUT2D eigenvalue weighted by Gasteiger charge is -2.17. The van der Waals surface area contributed by atoms with Gasteiger partial charge < -0.3 is 15.4 Å². The number of hydrogen-bond acceptors (Lipinski definition) is 7. The molecule has 36 heavy (non-hydrogen) atoms. The number of ether oxygens (including phenoxy) is 1. The third-order valence-electron chi connectivity index (χ3n) is 5.27. The summed E-state index contributed by atoms with van der Waals surface area (Å²) in [7, 11) is 1.57. The number of carbonyl (C=O) groups excluding carboxylic acids is 1. The van der Waals surface area contributed by atoms with Gasteiger partial charge in [-0.15, -0.1) is 10.2 Å². The highest BCUT2D eigenvalue weighted by molar-refractivity contribution is 7.98. The maximum Gasteiger partial charge on any atom is 0.319 e. The van der Waals surface area contributed by atoms with Crippen molar-refractivity contribution in [1.82, 2.24) is 20.1 Å². The molecule has 0 radical (unpaired) electrons. The summed E-state index contributed by atoms with van der Waals surface area (Å²) in [6, 6.07) is 22.1. The summed E-state index contributed by atoms with van der Waals surface area (Å²) >= 11 is 1.48. The monoisotopic (exact) mass is 504 g/mol. The first-order valence-electron chi connectivity index (χ1n) is 11.0. The zero-order chi connectivity index (χ0) is 25.5. The van der Waals surface area contributed by atoms with Crippen LogP contribution in [0.25, 0.3) is 5.69 Å². The zero-order valence-corrected chi connectivity index (χ0v) is 20.4. The van der Waals surface area contributed by atoms with Crippen molar-refractivity contribution in [2.45, 2.75) is 23.9 Å². The van der Waals surface area contributed by atoms with Gasteiger partial charge in [0.05, 0.1) is 18.1 Å². The molecule has 1 heterocycles. The molecule has 2 N–H and O–H groups in total. The Morgan fingerprint density at radius 2 is 1.75 bits per heavy atom. The number of anilines is 1. The number of aromatic nitrogens is 3. The second-order valence-electron chi connectivity index (χ2n) is 7.77. The predicted molar refractivity (Wildman–Crippen MR) is 138 cm³/mol. The van der Waals surface area contributed by atoms with Crippen molar-refractivity contribution in [2.24, 2.45) is 0 Å². The van der Waals surface area contributed by atoms with E-state index in [1.165, 1.54) is 23.9 Å². The van der Waals surface area contributed by atoms with E-state index in [1.807, 2.05) is 30.3 Å².